The smallest absolute Gasteiger partial charge is 0.252 e. The first-order valence-electron chi connectivity index (χ1n) is 12.5. The Kier molecular flexibility index (Phi) is 3.78. The Hall–Kier alpha value is -3.00. The topological polar surface area (TPSA) is 92.9 Å². The number of nitrogens with one attached hydrogen (secondary N) is 2. The van der Waals surface area contributed by atoms with E-state index in [9.17, 15) is 9.59 Å². The van der Waals surface area contributed by atoms with Gasteiger partial charge in [0.25, 0.3) is 5.91 Å². The molecule has 35 heavy (non-hydrogen) atoms. The van der Waals surface area contributed by atoms with Crippen LogP contribution in [0.25, 0.3) is 17.0 Å². The van der Waals surface area contributed by atoms with Gasteiger partial charge in [0.1, 0.15) is 28.6 Å². The highest BCUT2D eigenvalue weighted by Crippen LogP contribution is 2.60. The second-order valence-electron chi connectivity index (χ2n) is 11.8. The number of H-pyrrole nitrogens is 1. The van der Waals surface area contributed by atoms with Crippen molar-refractivity contribution in [2.75, 3.05) is 13.7 Å². The van der Waals surface area contributed by atoms with E-state index in [1.807, 2.05) is 50.8 Å². The van der Waals surface area contributed by atoms with Crippen LogP contribution in [-0.4, -0.2) is 57.6 Å². The molecule has 184 valence electrons. The molecule has 1 aromatic carbocycles. The summed E-state index contributed by atoms with van der Waals surface area (Å²) in [6, 6.07) is 3.96. The monoisotopic (exact) mass is 477 g/mol. The molecular formula is C27H31N3O5. The third-order valence-electron chi connectivity index (χ3n) is 9.04. The zero-order valence-corrected chi connectivity index (χ0v) is 20.8. The van der Waals surface area contributed by atoms with Crippen molar-refractivity contribution in [3.05, 3.63) is 29.3 Å². The fourth-order valence-electron chi connectivity index (χ4n) is 7.51. The summed E-state index contributed by atoms with van der Waals surface area (Å²) in [5, 5.41) is 4.12. The van der Waals surface area contributed by atoms with E-state index < -0.39 is 28.4 Å². The first kappa shape index (κ1) is 21.3. The third kappa shape index (κ3) is 2.36. The zero-order valence-electron chi connectivity index (χ0n) is 20.8. The summed E-state index contributed by atoms with van der Waals surface area (Å²) < 4.78 is 19.1. The van der Waals surface area contributed by atoms with E-state index in [0.717, 1.165) is 34.2 Å². The lowest BCUT2D eigenvalue weighted by molar-refractivity contribution is -0.195. The van der Waals surface area contributed by atoms with Crippen molar-refractivity contribution in [2.45, 2.75) is 75.3 Å². The number of hydrogen-bond acceptors (Lipinski definition) is 5. The Labute approximate surface area is 204 Å². The van der Waals surface area contributed by atoms with E-state index in [2.05, 4.69) is 16.4 Å². The van der Waals surface area contributed by atoms with Gasteiger partial charge in [0, 0.05) is 30.5 Å². The van der Waals surface area contributed by atoms with Crippen LogP contribution in [0.4, 0.5) is 0 Å². The van der Waals surface area contributed by atoms with Crippen molar-refractivity contribution in [3.8, 4) is 11.6 Å². The molecule has 0 saturated carbocycles. The van der Waals surface area contributed by atoms with E-state index in [1.54, 1.807) is 7.11 Å². The Morgan fingerprint density at radius 2 is 1.94 bits per heavy atom. The summed E-state index contributed by atoms with van der Waals surface area (Å²) in [6.07, 6.45) is 5.48. The number of hydrogen-bond donors (Lipinski definition) is 2. The van der Waals surface area contributed by atoms with Gasteiger partial charge in [-0.15, -0.1) is 0 Å². The minimum absolute atomic E-state index is 0.0560. The molecule has 0 unspecified atom stereocenters. The maximum atomic E-state index is 14.3. The molecule has 2 aromatic rings. The molecule has 4 fully saturated rings. The lowest BCUT2D eigenvalue weighted by atomic mass is 9.58. The van der Waals surface area contributed by atoms with Gasteiger partial charge in [-0.2, -0.15) is 0 Å². The number of amides is 2. The predicted octanol–water partition coefficient (Wildman–Crippen LogP) is 3.46. The maximum Gasteiger partial charge on any atom is 0.252 e. The summed E-state index contributed by atoms with van der Waals surface area (Å²) in [6.45, 7) is 8.68. The predicted molar refractivity (Wildman–Crippen MR) is 129 cm³/mol. The number of benzene rings is 1. The molecule has 2 amide bonds. The number of fused-ring (bicyclic) bond motifs is 6. The quantitative estimate of drug-likeness (QED) is 0.656. The van der Waals surface area contributed by atoms with Gasteiger partial charge in [0.2, 0.25) is 5.91 Å². The highest BCUT2D eigenvalue weighted by Gasteiger charge is 2.75. The maximum absolute atomic E-state index is 14.3. The molecule has 7 heterocycles. The van der Waals surface area contributed by atoms with E-state index >= 15 is 0 Å². The fourth-order valence-corrected chi connectivity index (χ4v) is 7.51. The summed E-state index contributed by atoms with van der Waals surface area (Å²) in [7, 11) is 1.61. The number of carbonyl (C=O) groups is 2. The molecule has 8 heteroatoms. The van der Waals surface area contributed by atoms with Crippen LogP contribution in [0.15, 0.2) is 18.2 Å². The summed E-state index contributed by atoms with van der Waals surface area (Å²) in [4.78, 5) is 33.2. The standard InChI is InChI=1S/C27H31N3O5/c1-24(2)11-9-14-16(34-24)8-7-15-18-20(33-5)27-17(25(3,4)35-21(18)28-19(14)15)13-26(22(31)29-27)10-6-12-30(26)23(27)32/h7-9,11,17,20,28H,6,10,12-13H2,1-5H3,(H,29,31)/t17-,20+,26-,27+/m0/s1. The lowest BCUT2D eigenvalue weighted by Crippen LogP contribution is -2.85. The number of ether oxygens (including phenoxy) is 3. The van der Waals surface area contributed by atoms with Crippen molar-refractivity contribution in [3.63, 3.8) is 0 Å². The number of piperazine rings is 1. The Bertz CT molecular complexity index is 1360. The largest absolute Gasteiger partial charge is 0.483 e. The van der Waals surface area contributed by atoms with Gasteiger partial charge >= 0.3 is 0 Å². The van der Waals surface area contributed by atoms with Gasteiger partial charge in [0.15, 0.2) is 11.4 Å². The average molecular weight is 478 g/mol. The number of carbonyl (C=O) groups excluding carboxylic acids is 2. The average Bonchev–Trinajstić information content (AvgIpc) is 3.36. The van der Waals surface area contributed by atoms with E-state index in [-0.39, 0.29) is 17.7 Å². The van der Waals surface area contributed by atoms with Crippen LogP contribution >= 0.6 is 0 Å². The molecule has 4 atom stereocenters. The van der Waals surface area contributed by atoms with E-state index in [1.165, 1.54) is 0 Å². The molecule has 2 bridgehead atoms. The minimum Gasteiger partial charge on any atom is -0.483 e. The number of aromatic amines is 1. The van der Waals surface area contributed by atoms with Crippen molar-refractivity contribution >= 4 is 28.8 Å². The number of piperidine rings is 2. The van der Waals surface area contributed by atoms with Crippen LogP contribution in [0.2, 0.25) is 0 Å². The summed E-state index contributed by atoms with van der Waals surface area (Å²) in [5.74, 6) is 0.988. The van der Waals surface area contributed by atoms with E-state index in [0.29, 0.717) is 25.3 Å². The van der Waals surface area contributed by atoms with Gasteiger partial charge in [-0.1, -0.05) is 0 Å². The van der Waals surface area contributed by atoms with Gasteiger partial charge < -0.3 is 29.4 Å². The van der Waals surface area contributed by atoms with Gasteiger partial charge in [-0.3, -0.25) is 9.59 Å². The van der Waals surface area contributed by atoms with Crippen molar-refractivity contribution in [1.82, 2.24) is 15.2 Å². The Morgan fingerprint density at radius 1 is 1.14 bits per heavy atom. The molecule has 4 saturated heterocycles. The van der Waals surface area contributed by atoms with Crippen LogP contribution in [-0.2, 0) is 14.3 Å². The van der Waals surface area contributed by atoms with Gasteiger partial charge in [-0.25, -0.2) is 0 Å². The first-order valence-corrected chi connectivity index (χ1v) is 12.5. The van der Waals surface area contributed by atoms with Crippen LogP contribution in [0.5, 0.6) is 11.6 Å². The first-order chi connectivity index (χ1) is 16.5. The van der Waals surface area contributed by atoms with Crippen LogP contribution in [0, 0.1) is 5.92 Å². The second-order valence-corrected chi connectivity index (χ2v) is 11.8. The minimum atomic E-state index is -1.24. The normalized spacial score (nSPS) is 35.4. The number of aromatic nitrogens is 1. The second kappa shape index (κ2) is 6.22. The van der Waals surface area contributed by atoms with Crippen LogP contribution in [0.3, 0.4) is 0 Å². The molecule has 1 aromatic heterocycles. The molecule has 8 rings (SSSR count). The highest BCUT2D eigenvalue weighted by atomic mass is 16.5. The van der Waals surface area contributed by atoms with Crippen molar-refractivity contribution in [2.24, 2.45) is 5.92 Å². The third-order valence-corrected chi connectivity index (χ3v) is 9.04. The van der Waals surface area contributed by atoms with Gasteiger partial charge in [0.05, 0.1) is 11.1 Å². The number of rotatable bonds is 1. The summed E-state index contributed by atoms with van der Waals surface area (Å²) >= 11 is 0. The van der Waals surface area contributed by atoms with Crippen molar-refractivity contribution in [1.29, 1.82) is 0 Å². The SMILES string of the molecule is CO[C@@H]1c2c([nH]c3c4c(ccc23)OC(C)(C)C=C4)OC(C)(C)[C@@H]2C[C@]34CCCN3C(=O)[C@]12NC4=O. The molecule has 0 radical (unpaired) electrons. The zero-order chi connectivity index (χ0) is 24.5. The molecule has 2 N–H and O–H groups in total. The summed E-state index contributed by atoms with van der Waals surface area (Å²) in [5.41, 5.74) is -0.589. The van der Waals surface area contributed by atoms with E-state index in [4.69, 9.17) is 14.2 Å². The van der Waals surface area contributed by atoms with Crippen molar-refractivity contribution < 1.29 is 23.8 Å². The van der Waals surface area contributed by atoms with Gasteiger partial charge in [-0.05, 0) is 71.2 Å². The molecule has 2 spiro atoms. The molecule has 0 aliphatic carbocycles. The molecule has 8 nitrogen and oxygen atoms in total. The molecule has 6 aliphatic heterocycles. The highest BCUT2D eigenvalue weighted by molar-refractivity contribution is 6.06. The molecule has 6 aliphatic rings. The number of nitrogens with zero attached hydrogens (tertiary/aromatic N) is 1. The van der Waals surface area contributed by atoms with Crippen LogP contribution < -0.4 is 14.8 Å². The lowest BCUT2D eigenvalue weighted by Gasteiger charge is -2.62. The number of methoxy groups -OCH3 is 1. The molecular weight excluding hydrogens is 446 g/mol. The Morgan fingerprint density at radius 3 is 2.71 bits per heavy atom. The Balaban J connectivity index is 1.49. The fraction of sp³-hybridized carbons (Fsp3) is 0.556. The van der Waals surface area contributed by atoms with Crippen LogP contribution in [0.1, 0.15) is 64.2 Å².